The normalized spacial score (nSPS) is 11.6. The molecule has 1 amide bonds. The third kappa shape index (κ3) is 5.49. The van der Waals surface area contributed by atoms with Gasteiger partial charge in [0.2, 0.25) is 5.91 Å². The van der Waals surface area contributed by atoms with E-state index in [0.29, 0.717) is 23.6 Å². The van der Waals surface area contributed by atoms with E-state index in [9.17, 15) is 4.79 Å². The molecule has 2 aromatic carbocycles. The van der Waals surface area contributed by atoms with Crippen molar-refractivity contribution in [3.05, 3.63) is 59.1 Å². The molecule has 0 saturated heterocycles. The molecular formula is C18H20ClNO3. The Balaban J connectivity index is 1.81. The van der Waals surface area contributed by atoms with Crippen molar-refractivity contribution in [3.63, 3.8) is 0 Å². The molecule has 0 saturated carbocycles. The van der Waals surface area contributed by atoms with Crippen LogP contribution in [0.2, 0.25) is 5.02 Å². The van der Waals surface area contributed by atoms with Crippen molar-refractivity contribution in [2.75, 3.05) is 7.11 Å². The molecule has 0 heterocycles. The number of ether oxygens (including phenoxy) is 2. The number of hydrogen-bond donors (Lipinski definition) is 1. The maximum Gasteiger partial charge on any atom is 0.223 e. The van der Waals surface area contributed by atoms with Crippen molar-refractivity contribution in [1.29, 1.82) is 0 Å². The molecule has 0 spiro atoms. The lowest BCUT2D eigenvalue weighted by atomic mass is 10.1. The van der Waals surface area contributed by atoms with Gasteiger partial charge < -0.3 is 14.8 Å². The number of methoxy groups -OCH3 is 1. The van der Waals surface area contributed by atoms with Gasteiger partial charge in [0.15, 0.2) is 6.23 Å². The van der Waals surface area contributed by atoms with Gasteiger partial charge in [-0.25, -0.2) is 0 Å². The van der Waals surface area contributed by atoms with Crippen molar-refractivity contribution in [1.82, 2.24) is 5.32 Å². The minimum Gasteiger partial charge on any atom is -0.496 e. The van der Waals surface area contributed by atoms with E-state index in [1.165, 1.54) is 0 Å². The molecule has 2 rings (SSSR count). The van der Waals surface area contributed by atoms with Crippen molar-refractivity contribution in [2.45, 2.75) is 26.0 Å². The second-order valence-corrected chi connectivity index (χ2v) is 5.53. The van der Waals surface area contributed by atoms with Gasteiger partial charge in [-0.15, -0.1) is 0 Å². The van der Waals surface area contributed by atoms with Gasteiger partial charge >= 0.3 is 0 Å². The van der Waals surface area contributed by atoms with Crippen LogP contribution in [-0.2, 0) is 11.2 Å². The van der Waals surface area contributed by atoms with E-state index < -0.39 is 6.23 Å². The predicted molar refractivity (Wildman–Crippen MR) is 91.0 cm³/mol. The molecule has 0 aromatic heterocycles. The summed E-state index contributed by atoms with van der Waals surface area (Å²) in [7, 11) is 1.63. The van der Waals surface area contributed by atoms with E-state index >= 15 is 0 Å². The minimum absolute atomic E-state index is 0.0719. The Morgan fingerprint density at radius 1 is 1.17 bits per heavy atom. The highest BCUT2D eigenvalue weighted by molar-refractivity contribution is 6.30. The molecule has 0 bridgehead atoms. The van der Waals surface area contributed by atoms with Crippen molar-refractivity contribution < 1.29 is 14.3 Å². The molecular weight excluding hydrogens is 314 g/mol. The summed E-state index contributed by atoms with van der Waals surface area (Å²) in [5, 5.41) is 3.46. The predicted octanol–water partition coefficient (Wildman–Crippen LogP) is 3.82. The van der Waals surface area contributed by atoms with Crippen LogP contribution < -0.4 is 14.8 Å². The van der Waals surface area contributed by atoms with Crippen molar-refractivity contribution >= 4 is 17.5 Å². The summed E-state index contributed by atoms with van der Waals surface area (Å²) in [5.74, 6) is 1.38. The van der Waals surface area contributed by atoms with Crippen LogP contribution in [-0.4, -0.2) is 19.2 Å². The van der Waals surface area contributed by atoms with Crippen LogP contribution in [0.4, 0.5) is 0 Å². The maximum atomic E-state index is 12.0. The largest absolute Gasteiger partial charge is 0.496 e. The number of benzene rings is 2. The lowest BCUT2D eigenvalue weighted by Crippen LogP contribution is -2.36. The second-order valence-electron chi connectivity index (χ2n) is 5.09. The molecule has 1 unspecified atom stereocenters. The van der Waals surface area contributed by atoms with Crippen LogP contribution in [0.3, 0.4) is 0 Å². The van der Waals surface area contributed by atoms with Crippen LogP contribution >= 0.6 is 11.6 Å². The van der Waals surface area contributed by atoms with Crippen molar-refractivity contribution in [2.24, 2.45) is 0 Å². The number of hydrogen-bond acceptors (Lipinski definition) is 3. The Labute approximate surface area is 141 Å². The Kier molecular flexibility index (Phi) is 6.29. The third-order valence-corrected chi connectivity index (χ3v) is 3.56. The Bertz CT molecular complexity index is 643. The van der Waals surface area contributed by atoms with Gasteiger partial charge in [-0.05, 0) is 49.2 Å². The smallest absolute Gasteiger partial charge is 0.223 e. The van der Waals surface area contributed by atoms with Gasteiger partial charge in [0.25, 0.3) is 0 Å². The topological polar surface area (TPSA) is 47.6 Å². The van der Waals surface area contributed by atoms with E-state index in [-0.39, 0.29) is 5.91 Å². The molecule has 4 nitrogen and oxygen atoms in total. The molecule has 2 aromatic rings. The van der Waals surface area contributed by atoms with Gasteiger partial charge in [0, 0.05) is 11.4 Å². The first-order chi connectivity index (χ1) is 11.1. The third-order valence-electron chi connectivity index (χ3n) is 3.30. The molecule has 1 N–H and O–H groups in total. The lowest BCUT2D eigenvalue weighted by molar-refractivity contribution is -0.123. The van der Waals surface area contributed by atoms with Crippen molar-refractivity contribution in [3.8, 4) is 11.5 Å². The number of halogens is 1. The Morgan fingerprint density at radius 2 is 1.87 bits per heavy atom. The number of carbonyl (C=O) groups is 1. The first-order valence-electron chi connectivity index (χ1n) is 7.42. The van der Waals surface area contributed by atoms with Crippen LogP contribution in [0.5, 0.6) is 11.5 Å². The van der Waals surface area contributed by atoms with Gasteiger partial charge in [-0.2, -0.15) is 0 Å². The molecule has 23 heavy (non-hydrogen) atoms. The zero-order valence-corrected chi connectivity index (χ0v) is 14.0. The Hall–Kier alpha value is -2.20. The zero-order chi connectivity index (χ0) is 16.7. The molecule has 0 aliphatic carbocycles. The van der Waals surface area contributed by atoms with Gasteiger partial charge in [0.05, 0.1) is 7.11 Å². The molecule has 1 atom stereocenters. The summed E-state index contributed by atoms with van der Waals surface area (Å²) in [6.07, 6.45) is 0.569. The SMILES string of the molecule is COc1ccccc1CCC(=O)NC(C)Oc1ccc(Cl)cc1. The summed E-state index contributed by atoms with van der Waals surface area (Å²) in [6, 6.07) is 14.7. The highest BCUT2D eigenvalue weighted by atomic mass is 35.5. The summed E-state index contributed by atoms with van der Waals surface area (Å²) in [6.45, 7) is 1.79. The number of nitrogens with one attached hydrogen (secondary N) is 1. The summed E-state index contributed by atoms with van der Waals surface area (Å²) in [4.78, 5) is 12.0. The lowest BCUT2D eigenvalue weighted by Gasteiger charge is -2.16. The van der Waals surface area contributed by atoms with Gasteiger partial charge in [0.1, 0.15) is 11.5 Å². The summed E-state index contributed by atoms with van der Waals surface area (Å²) in [5.41, 5.74) is 1.01. The number of amides is 1. The molecule has 5 heteroatoms. The fraction of sp³-hybridized carbons (Fsp3) is 0.278. The monoisotopic (exact) mass is 333 g/mol. The summed E-state index contributed by atoms with van der Waals surface area (Å²) < 4.78 is 10.9. The molecule has 0 radical (unpaired) electrons. The van der Waals surface area contributed by atoms with Gasteiger partial charge in [-0.1, -0.05) is 29.8 Å². The fourth-order valence-corrected chi connectivity index (χ4v) is 2.33. The highest BCUT2D eigenvalue weighted by Gasteiger charge is 2.10. The number of aryl methyl sites for hydroxylation is 1. The maximum absolute atomic E-state index is 12.0. The number of rotatable bonds is 7. The Morgan fingerprint density at radius 3 is 2.57 bits per heavy atom. The van der Waals surface area contributed by atoms with E-state index in [0.717, 1.165) is 11.3 Å². The van der Waals surface area contributed by atoms with E-state index in [1.807, 2.05) is 24.3 Å². The first kappa shape index (κ1) is 17.2. The zero-order valence-electron chi connectivity index (χ0n) is 13.2. The average Bonchev–Trinajstić information content (AvgIpc) is 2.55. The van der Waals surface area contributed by atoms with Crippen LogP contribution in [0.15, 0.2) is 48.5 Å². The second kappa shape index (κ2) is 8.44. The number of carbonyl (C=O) groups excluding carboxylic acids is 1. The molecule has 0 aliphatic rings. The molecule has 0 fully saturated rings. The van der Waals surface area contributed by atoms with E-state index in [2.05, 4.69) is 5.32 Å². The average molecular weight is 334 g/mol. The molecule has 122 valence electrons. The van der Waals surface area contributed by atoms with Crippen LogP contribution in [0.1, 0.15) is 18.9 Å². The highest BCUT2D eigenvalue weighted by Crippen LogP contribution is 2.19. The van der Waals surface area contributed by atoms with Crippen LogP contribution in [0.25, 0.3) is 0 Å². The van der Waals surface area contributed by atoms with Crippen LogP contribution in [0, 0.1) is 0 Å². The quantitative estimate of drug-likeness (QED) is 0.783. The fourth-order valence-electron chi connectivity index (χ4n) is 2.20. The first-order valence-corrected chi connectivity index (χ1v) is 7.80. The van der Waals surface area contributed by atoms with Gasteiger partial charge in [-0.3, -0.25) is 4.79 Å². The minimum atomic E-state index is -0.415. The molecule has 0 aliphatic heterocycles. The van der Waals surface area contributed by atoms with E-state index in [1.54, 1.807) is 38.3 Å². The van der Waals surface area contributed by atoms with E-state index in [4.69, 9.17) is 21.1 Å². The number of para-hydroxylation sites is 1. The standard InChI is InChI=1S/C18H20ClNO3/c1-13(23-16-10-8-15(19)9-11-16)20-18(21)12-7-14-5-3-4-6-17(14)22-2/h3-6,8-11,13H,7,12H2,1-2H3,(H,20,21). The summed E-state index contributed by atoms with van der Waals surface area (Å²) >= 11 is 5.82.